The van der Waals surface area contributed by atoms with Crippen molar-refractivity contribution in [2.24, 2.45) is 0 Å². The van der Waals surface area contributed by atoms with Crippen LogP contribution in [-0.2, 0) is 0 Å². The van der Waals surface area contributed by atoms with E-state index in [4.69, 9.17) is 9.47 Å². The van der Waals surface area contributed by atoms with Gasteiger partial charge in [-0.25, -0.2) is 13.8 Å². The number of aryl methyl sites for hydroxylation is 1. The molecule has 0 radical (unpaired) electrons. The van der Waals surface area contributed by atoms with Crippen LogP contribution in [0.3, 0.4) is 0 Å². The fraction of sp³-hybridized carbons (Fsp3) is 0.444. The number of alkyl halides is 2. The Balaban J connectivity index is 3.25. The molecule has 0 aromatic carbocycles. The number of hydrogen-bond acceptors (Lipinski definition) is 3. The van der Waals surface area contributed by atoms with Crippen molar-refractivity contribution in [2.45, 2.75) is 13.3 Å². The second-order valence-corrected chi connectivity index (χ2v) is 2.68. The van der Waals surface area contributed by atoms with Gasteiger partial charge in [0.1, 0.15) is 5.75 Å². The van der Waals surface area contributed by atoms with Gasteiger partial charge in [0.25, 0.3) is 6.43 Å². The van der Waals surface area contributed by atoms with Crippen LogP contribution in [0.5, 0.6) is 11.6 Å². The van der Waals surface area contributed by atoms with Crippen molar-refractivity contribution >= 4 is 0 Å². The van der Waals surface area contributed by atoms with E-state index < -0.39 is 6.43 Å². The number of nitrogens with zero attached hydrogens (tertiary/aromatic N) is 1. The molecule has 78 valence electrons. The Morgan fingerprint density at radius 2 is 1.93 bits per heavy atom. The minimum absolute atomic E-state index is 0.0571. The summed E-state index contributed by atoms with van der Waals surface area (Å²) in [7, 11) is 2.71. The first-order chi connectivity index (χ1) is 6.60. The van der Waals surface area contributed by atoms with Crippen LogP contribution >= 0.6 is 0 Å². The molecule has 0 unspecified atom stereocenters. The highest BCUT2D eigenvalue weighted by Gasteiger charge is 2.17. The Labute approximate surface area is 80.7 Å². The molecule has 0 aliphatic rings. The molecule has 0 amide bonds. The average molecular weight is 203 g/mol. The van der Waals surface area contributed by atoms with Crippen LogP contribution in [0.4, 0.5) is 8.78 Å². The third kappa shape index (κ3) is 1.92. The van der Waals surface area contributed by atoms with Crippen LogP contribution in [0.2, 0.25) is 0 Å². The second kappa shape index (κ2) is 4.21. The van der Waals surface area contributed by atoms with Gasteiger partial charge in [-0.15, -0.1) is 0 Å². The summed E-state index contributed by atoms with van der Waals surface area (Å²) in [6.07, 6.45) is -2.62. The van der Waals surface area contributed by atoms with Crippen molar-refractivity contribution in [3.05, 3.63) is 17.3 Å². The highest BCUT2D eigenvalue weighted by atomic mass is 19.3. The van der Waals surface area contributed by atoms with Crippen LogP contribution in [0.15, 0.2) is 6.07 Å². The lowest BCUT2D eigenvalue weighted by atomic mass is 10.2. The molecule has 0 bridgehead atoms. The van der Waals surface area contributed by atoms with E-state index in [2.05, 4.69) is 4.98 Å². The lowest BCUT2D eigenvalue weighted by Gasteiger charge is -2.10. The monoisotopic (exact) mass is 203 g/mol. The smallest absolute Gasteiger partial charge is 0.269 e. The first-order valence-corrected chi connectivity index (χ1v) is 3.97. The molecular formula is C9H11F2NO2. The fourth-order valence-corrected chi connectivity index (χ4v) is 1.11. The molecule has 0 spiro atoms. The molecule has 1 aromatic rings. The van der Waals surface area contributed by atoms with E-state index in [0.717, 1.165) is 0 Å². The predicted molar refractivity (Wildman–Crippen MR) is 47.0 cm³/mol. The largest absolute Gasteiger partial charge is 0.495 e. The Hall–Kier alpha value is -1.39. The lowest BCUT2D eigenvalue weighted by molar-refractivity contribution is 0.145. The quantitative estimate of drug-likeness (QED) is 0.755. The van der Waals surface area contributed by atoms with Gasteiger partial charge < -0.3 is 9.47 Å². The zero-order chi connectivity index (χ0) is 10.7. The molecule has 1 aromatic heterocycles. The van der Waals surface area contributed by atoms with Crippen molar-refractivity contribution in [1.29, 1.82) is 0 Å². The van der Waals surface area contributed by atoms with E-state index in [1.807, 2.05) is 0 Å². The lowest BCUT2D eigenvalue weighted by Crippen LogP contribution is -2.00. The molecule has 1 heterocycles. The van der Waals surface area contributed by atoms with Gasteiger partial charge >= 0.3 is 0 Å². The summed E-state index contributed by atoms with van der Waals surface area (Å²) in [5.41, 5.74) is 0.267. The second-order valence-electron chi connectivity index (χ2n) is 2.68. The molecule has 0 saturated carbocycles. The average Bonchev–Trinajstić information content (AvgIpc) is 2.16. The minimum atomic E-state index is -2.62. The summed E-state index contributed by atoms with van der Waals surface area (Å²) in [4.78, 5) is 3.86. The molecule has 1 rings (SSSR count). The highest BCUT2D eigenvalue weighted by Crippen LogP contribution is 2.31. The van der Waals surface area contributed by atoms with E-state index in [0.29, 0.717) is 11.4 Å². The van der Waals surface area contributed by atoms with Gasteiger partial charge in [-0.2, -0.15) is 0 Å². The zero-order valence-electron chi connectivity index (χ0n) is 8.17. The molecule has 3 nitrogen and oxygen atoms in total. The number of pyridine rings is 1. The van der Waals surface area contributed by atoms with Crippen molar-refractivity contribution in [3.63, 3.8) is 0 Å². The predicted octanol–water partition coefficient (Wildman–Crippen LogP) is 2.34. The maximum atomic E-state index is 12.5. The number of hydrogen-bond donors (Lipinski definition) is 0. The van der Waals surface area contributed by atoms with Crippen LogP contribution < -0.4 is 9.47 Å². The van der Waals surface area contributed by atoms with Gasteiger partial charge in [-0.05, 0) is 13.0 Å². The molecular weight excluding hydrogens is 192 g/mol. The molecule has 0 aliphatic heterocycles. The molecule has 0 N–H and O–H groups in total. The Morgan fingerprint density at radius 1 is 1.29 bits per heavy atom. The van der Waals surface area contributed by atoms with Crippen LogP contribution in [-0.4, -0.2) is 19.2 Å². The van der Waals surface area contributed by atoms with Gasteiger partial charge in [0.15, 0.2) is 0 Å². The number of ether oxygens (including phenoxy) is 2. The standard InChI is InChI=1S/C9H11F2NO2/c1-5-7(13-2)4-6(8(10)11)9(12-5)14-3/h4,8H,1-3H3. The third-order valence-corrected chi connectivity index (χ3v) is 1.81. The Morgan fingerprint density at radius 3 is 2.36 bits per heavy atom. The van der Waals surface area contributed by atoms with Gasteiger partial charge in [0.05, 0.1) is 25.5 Å². The number of halogens is 2. The SMILES string of the molecule is COc1cc(C(F)F)c(OC)nc1C. The summed E-state index contributed by atoms with van der Waals surface area (Å²) in [6, 6.07) is 1.24. The van der Waals surface area contributed by atoms with Crippen molar-refractivity contribution in [2.75, 3.05) is 14.2 Å². The van der Waals surface area contributed by atoms with Crippen LogP contribution in [0, 0.1) is 6.92 Å². The maximum absolute atomic E-state index is 12.5. The first-order valence-electron chi connectivity index (χ1n) is 3.97. The highest BCUT2D eigenvalue weighted by molar-refractivity contribution is 5.38. The van der Waals surface area contributed by atoms with Gasteiger partial charge in [0, 0.05) is 0 Å². The van der Waals surface area contributed by atoms with E-state index in [1.165, 1.54) is 20.3 Å². The van der Waals surface area contributed by atoms with E-state index in [1.54, 1.807) is 6.92 Å². The summed E-state index contributed by atoms with van der Waals surface area (Å²) < 4.78 is 34.6. The third-order valence-electron chi connectivity index (χ3n) is 1.81. The van der Waals surface area contributed by atoms with E-state index in [-0.39, 0.29) is 11.4 Å². The van der Waals surface area contributed by atoms with Gasteiger partial charge in [-0.3, -0.25) is 0 Å². The van der Waals surface area contributed by atoms with Gasteiger partial charge in [-0.1, -0.05) is 0 Å². The van der Waals surface area contributed by atoms with Crippen LogP contribution in [0.1, 0.15) is 17.7 Å². The van der Waals surface area contributed by atoms with E-state index >= 15 is 0 Å². The molecule has 0 aliphatic carbocycles. The summed E-state index contributed by atoms with van der Waals surface area (Å²) in [6.45, 7) is 1.66. The fourth-order valence-electron chi connectivity index (χ4n) is 1.11. The Bertz CT molecular complexity index is 329. The minimum Gasteiger partial charge on any atom is -0.495 e. The topological polar surface area (TPSA) is 31.4 Å². The van der Waals surface area contributed by atoms with Gasteiger partial charge in [0.2, 0.25) is 5.88 Å². The summed E-state index contributed by atoms with van der Waals surface area (Å²) in [5.74, 6) is 0.277. The van der Waals surface area contributed by atoms with Crippen molar-refractivity contribution in [1.82, 2.24) is 4.98 Å². The molecule has 0 saturated heterocycles. The molecule has 0 atom stereocenters. The molecule has 5 heteroatoms. The molecule has 0 fully saturated rings. The maximum Gasteiger partial charge on any atom is 0.269 e. The normalized spacial score (nSPS) is 10.4. The number of methoxy groups -OCH3 is 2. The van der Waals surface area contributed by atoms with Crippen molar-refractivity contribution < 1.29 is 18.3 Å². The Kier molecular flexibility index (Phi) is 3.22. The number of aromatic nitrogens is 1. The molecule has 14 heavy (non-hydrogen) atoms. The first kappa shape index (κ1) is 10.7. The summed E-state index contributed by atoms with van der Waals surface area (Å²) in [5, 5.41) is 0. The van der Waals surface area contributed by atoms with Crippen molar-refractivity contribution in [3.8, 4) is 11.6 Å². The zero-order valence-corrected chi connectivity index (χ0v) is 8.17. The van der Waals surface area contributed by atoms with E-state index in [9.17, 15) is 8.78 Å². The van der Waals surface area contributed by atoms with Crippen LogP contribution in [0.25, 0.3) is 0 Å². The summed E-state index contributed by atoms with van der Waals surface area (Å²) >= 11 is 0. The number of rotatable bonds is 3.